The molecule has 0 aliphatic carbocycles. The summed E-state index contributed by atoms with van der Waals surface area (Å²) in [5, 5.41) is 13.9. The van der Waals surface area contributed by atoms with Crippen LogP contribution >= 0.6 is 11.6 Å². The number of carbonyl (C=O) groups is 1. The zero-order valence-corrected chi connectivity index (χ0v) is 21.9. The van der Waals surface area contributed by atoms with Crippen molar-refractivity contribution in [2.75, 3.05) is 13.2 Å². The first-order valence-electron chi connectivity index (χ1n) is 12.5. The number of hydrogen-bond acceptors (Lipinski definition) is 5. The first-order chi connectivity index (χ1) is 16.6. The molecule has 0 bridgehead atoms. The van der Waals surface area contributed by atoms with E-state index in [1.54, 1.807) is 24.3 Å². The summed E-state index contributed by atoms with van der Waals surface area (Å²) >= 11 is 6.55. The second kappa shape index (κ2) is 10.3. The molecule has 35 heavy (non-hydrogen) atoms. The van der Waals surface area contributed by atoms with Gasteiger partial charge in [-0.05, 0) is 95.0 Å². The van der Waals surface area contributed by atoms with Crippen LogP contribution in [-0.2, 0) is 4.74 Å². The fourth-order valence-electron chi connectivity index (χ4n) is 6.04. The smallest absolute Gasteiger partial charge is 0.163 e. The fraction of sp³-hybridized carbons (Fsp3) is 0.517. The molecule has 0 atom stereocenters. The molecule has 0 saturated carbocycles. The molecule has 2 aliphatic heterocycles. The van der Waals surface area contributed by atoms with E-state index < -0.39 is 0 Å². The van der Waals surface area contributed by atoms with Crippen LogP contribution in [-0.4, -0.2) is 30.1 Å². The van der Waals surface area contributed by atoms with Gasteiger partial charge in [0, 0.05) is 36.3 Å². The van der Waals surface area contributed by atoms with Crippen molar-refractivity contribution in [2.45, 2.75) is 76.8 Å². The summed E-state index contributed by atoms with van der Waals surface area (Å²) in [6.07, 6.45) is 4.19. The van der Waals surface area contributed by atoms with Gasteiger partial charge in [0.1, 0.15) is 17.6 Å². The highest BCUT2D eigenvalue weighted by Gasteiger charge is 2.38. The van der Waals surface area contributed by atoms with Crippen molar-refractivity contribution in [2.24, 2.45) is 5.92 Å². The lowest BCUT2D eigenvalue weighted by Gasteiger charge is -2.46. The molecule has 1 N–H and O–H groups in total. The van der Waals surface area contributed by atoms with E-state index in [9.17, 15) is 10.1 Å². The van der Waals surface area contributed by atoms with Crippen molar-refractivity contribution in [1.29, 1.82) is 5.26 Å². The average molecular weight is 495 g/mol. The predicted molar refractivity (Wildman–Crippen MR) is 138 cm³/mol. The van der Waals surface area contributed by atoms with Crippen LogP contribution in [0.5, 0.6) is 11.5 Å². The Morgan fingerprint density at radius 3 is 2.43 bits per heavy atom. The van der Waals surface area contributed by atoms with E-state index in [0.717, 1.165) is 31.2 Å². The molecular formula is C29H35ClN2O3. The summed E-state index contributed by atoms with van der Waals surface area (Å²) in [6.45, 7) is 10.2. The molecule has 2 fully saturated rings. The lowest BCUT2D eigenvalue weighted by atomic mass is 9.74. The molecule has 186 valence electrons. The molecule has 2 aromatic rings. The molecule has 0 aromatic heterocycles. The van der Waals surface area contributed by atoms with E-state index in [1.165, 1.54) is 0 Å². The molecule has 4 rings (SSSR count). The quantitative estimate of drug-likeness (QED) is 0.436. The number of nitrogens with one attached hydrogen (secondary N) is 1. The number of nitriles is 1. The highest BCUT2D eigenvalue weighted by atomic mass is 35.5. The molecule has 2 aliphatic rings. The molecule has 2 saturated heterocycles. The number of rotatable bonds is 6. The number of halogens is 1. The van der Waals surface area contributed by atoms with Crippen LogP contribution in [0, 0.1) is 17.2 Å². The van der Waals surface area contributed by atoms with Gasteiger partial charge in [0.2, 0.25) is 0 Å². The summed E-state index contributed by atoms with van der Waals surface area (Å²) in [7, 11) is 0. The van der Waals surface area contributed by atoms with Gasteiger partial charge < -0.3 is 14.8 Å². The third-order valence-corrected chi connectivity index (χ3v) is 7.35. The number of nitrogens with zero attached hydrogens (tertiary/aromatic N) is 1. The summed E-state index contributed by atoms with van der Waals surface area (Å²) in [5.41, 5.74) is 2.11. The summed E-state index contributed by atoms with van der Waals surface area (Å²) in [6, 6.07) is 13.2. The summed E-state index contributed by atoms with van der Waals surface area (Å²) < 4.78 is 11.6. The maximum Gasteiger partial charge on any atom is 0.163 e. The molecule has 0 unspecified atom stereocenters. The zero-order valence-electron chi connectivity index (χ0n) is 21.1. The third kappa shape index (κ3) is 6.25. The number of hydrogen-bond donors (Lipinski definition) is 1. The van der Waals surface area contributed by atoms with E-state index in [2.05, 4.69) is 39.1 Å². The average Bonchev–Trinajstić information content (AvgIpc) is 2.78. The maximum atomic E-state index is 13.1. The fourth-order valence-corrected chi connectivity index (χ4v) is 6.25. The Bertz CT molecular complexity index is 1110. The Balaban J connectivity index is 1.49. The van der Waals surface area contributed by atoms with E-state index >= 15 is 0 Å². The minimum Gasteiger partial charge on any atom is -0.454 e. The number of benzene rings is 2. The molecule has 5 nitrogen and oxygen atoms in total. The highest BCUT2D eigenvalue weighted by Crippen LogP contribution is 2.38. The Morgan fingerprint density at radius 1 is 1.11 bits per heavy atom. The van der Waals surface area contributed by atoms with Crippen molar-refractivity contribution in [3.63, 3.8) is 0 Å². The van der Waals surface area contributed by atoms with Crippen LogP contribution in [0.1, 0.15) is 87.2 Å². The number of carbonyl (C=O) groups excluding carboxylic acids is 1. The largest absolute Gasteiger partial charge is 0.454 e. The van der Waals surface area contributed by atoms with Crippen LogP contribution in [0.15, 0.2) is 36.4 Å². The minimum absolute atomic E-state index is 0.000322. The van der Waals surface area contributed by atoms with Gasteiger partial charge in [-0.3, -0.25) is 4.79 Å². The second-order valence-corrected chi connectivity index (χ2v) is 11.7. The molecule has 2 heterocycles. The Hall–Kier alpha value is -2.39. The third-order valence-electron chi connectivity index (χ3n) is 7.05. The lowest BCUT2D eigenvalue weighted by molar-refractivity contribution is 0.0851. The number of piperidine rings is 1. The van der Waals surface area contributed by atoms with Crippen LogP contribution in [0.2, 0.25) is 5.02 Å². The molecule has 0 amide bonds. The van der Waals surface area contributed by atoms with Gasteiger partial charge in [-0.2, -0.15) is 5.26 Å². The zero-order chi connectivity index (χ0) is 25.2. The normalized spacial score (nSPS) is 20.2. The topological polar surface area (TPSA) is 71.3 Å². The van der Waals surface area contributed by atoms with Gasteiger partial charge in [0.15, 0.2) is 5.78 Å². The molecular weight excluding hydrogens is 460 g/mol. The highest BCUT2D eigenvalue weighted by molar-refractivity contribution is 6.32. The SMILES string of the molecule is CC1(C)CC(CC(=O)c2ccc(Oc3cccc(C4CCOCC4)c3C#N)c(Cl)c2)CC(C)(C)N1. The monoisotopic (exact) mass is 494 g/mol. The van der Waals surface area contributed by atoms with Crippen LogP contribution in [0.4, 0.5) is 0 Å². The van der Waals surface area contributed by atoms with E-state index in [4.69, 9.17) is 21.1 Å². The number of ether oxygens (including phenoxy) is 2. The minimum atomic E-state index is -0.000322. The van der Waals surface area contributed by atoms with Crippen molar-refractivity contribution in [3.8, 4) is 17.6 Å². The predicted octanol–water partition coefficient (Wildman–Crippen LogP) is 7.03. The first-order valence-corrected chi connectivity index (χ1v) is 12.9. The first kappa shape index (κ1) is 25.7. The van der Waals surface area contributed by atoms with Crippen molar-refractivity contribution < 1.29 is 14.3 Å². The van der Waals surface area contributed by atoms with Gasteiger partial charge in [0.25, 0.3) is 0 Å². The van der Waals surface area contributed by atoms with Gasteiger partial charge in [-0.15, -0.1) is 0 Å². The Morgan fingerprint density at radius 2 is 1.80 bits per heavy atom. The van der Waals surface area contributed by atoms with Crippen molar-refractivity contribution >= 4 is 17.4 Å². The molecule has 6 heteroatoms. The molecule has 0 spiro atoms. The van der Waals surface area contributed by atoms with Crippen molar-refractivity contribution in [1.82, 2.24) is 5.32 Å². The van der Waals surface area contributed by atoms with Gasteiger partial charge >= 0.3 is 0 Å². The Labute approximate surface area is 213 Å². The van der Waals surface area contributed by atoms with Gasteiger partial charge in [-0.25, -0.2) is 0 Å². The second-order valence-electron chi connectivity index (χ2n) is 11.3. The van der Waals surface area contributed by atoms with Gasteiger partial charge in [-0.1, -0.05) is 23.7 Å². The standard InChI is InChI=1S/C29H35ClN2O3/c1-28(2)16-19(17-29(3,4)32-28)14-25(33)21-8-9-27(24(30)15-21)35-26-7-5-6-22(23(26)18-31)20-10-12-34-13-11-20/h5-9,15,19-20,32H,10-14,16-17H2,1-4H3. The van der Waals surface area contributed by atoms with Gasteiger partial charge in [0.05, 0.1) is 10.6 Å². The van der Waals surface area contributed by atoms with E-state index in [1.807, 2.05) is 12.1 Å². The van der Waals surface area contributed by atoms with Crippen LogP contribution in [0.25, 0.3) is 0 Å². The molecule has 2 aromatic carbocycles. The molecule has 0 radical (unpaired) electrons. The van der Waals surface area contributed by atoms with Crippen LogP contribution < -0.4 is 10.1 Å². The maximum absolute atomic E-state index is 13.1. The summed E-state index contributed by atoms with van der Waals surface area (Å²) in [5.74, 6) is 1.61. The van der Waals surface area contributed by atoms with Crippen molar-refractivity contribution in [3.05, 3.63) is 58.1 Å². The van der Waals surface area contributed by atoms with Crippen LogP contribution in [0.3, 0.4) is 0 Å². The van der Waals surface area contributed by atoms with E-state index in [0.29, 0.717) is 53.2 Å². The summed E-state index contributed by atoms with van der Waals surface area (Å²) in [4.78, 5) is 13.1. The number of Topliss-reactive ketones (excluding diaryl/α,β-unsaturated/α-hetero) is 1. The number of ketones is 1. The van der Waals surface area contributed by atoms with E-state index in [-0.39, 0.29) is 22.8 Å². The lowest BCUT2D eigenvalue weighted by Crippen LogP contribution is -2.57. The Kier molecular flexibility index (Phi) is 7.57.